The molecule has 1 aliphatic carbocycles. The Labute approximate surface area is 194 Å². The number of fused-ring (bicyclic) bond motifs is 1. The van der Waals surface area contributed by atoms with E-state index in [9.17, 15) is 4.79 Å². The van der Waals surface area contributed by atoms with Gasteiger partial charge in [0.2, 0.25) is 0 Å². The van der Waals surface area contributed by atoms with Crippen LogP contribution in [0.2, 0.25) is 0 Å². The summed E-state index contributed by atoms with van der Waals surface area (Å²) in [7, 11) is 1.69. The second-order valence-corrected chi connectivity index (χ2v) is 9.89. The van der Waals surface area contributed by atoms with Crippen molar-refractivity contribution in [3.05, 3.63) is 47.5 Å². The van der Waals surface area contributed by atoms with E-state index < -0.39 is 0 Å². The van der Waals surface area contributed by atoms with Crippen LogP contribution >= 0.6 is 0 Å². The highest BCUT2D eigenvalue weighted by atomic mass is 16.5. The zero-order valence-corrected chi connectivity index (χ0v) is 20.2. The predicted octanol–water partition coefficient (Wildman–Crippen LogP) is 7.14. The largest absolute Gasteiger partial charge is 0.467 e. The molecule has 3 nitrogen and oxygen atoms in total. The van der Waals surface area contributed by atoms with Gasteiger partial charge in [-0.3, -0.25) is 4.79 Å². The molecular weight excluding hydrogens is 396 g/mol. The summed E-state index contributed by atoms with van der Waals surface area (Å²) in [5.74, 6) is 2.10. The van der Waals surface area contributed by atoms with Gasteiger partial charge in [-0.15, -0.1) is 0 Å². The van der Waals surface area contributed by atoms with Crippen molar-refractivity contribution in [3.8, 4) is 0 Å². The molecule has 176 valence electrons. The van der Waals surface area contributed by atoms with Gasteiger partial charge in [-0.05, 0) is 53.0 Å². The summed E-state index contributed by atoms with van der Waals surface area (Å²) >= 11 is 0. The molecule has 1 fully saturated rings. The van der Waals surface area contributed by atoms with Crippen molar-refractivity contribution in [1.82, 2.24) is 0 Å². The molecule has 3 rings (SSSR count). The highest BCUT2D eigenvalue weighted by molar-refractivity contribution is 5.83. The van der Waals surface area contributed by atoms with Crippen LogP contribution in [-0.4, -0.2) is 26.8 Å². The van der Waals surface area contributed by atoms with Crippen molar-refractivity contribution in [1.29, 1.82) is 0 Å². The first-order valence-electron chi connectivity index (χ1n) is 12.8. The Balaban J connectivity index is 1.49. The van der Waals surface area contributed by atoms with Crippen molar-refractivity contribution >= 4 is 17.2 Å². The molecule has 1 unspecified atom stereocenters. The molecule has 1 saturated carbocycles. The number of ether oxygens (including phenoxy) is 2. The first kappa shape index (κ1) is 24.8. The summed E-state index contributed by atoms with van der Waals surface area (Å²) in [6.45, 7) is 3.80. The Kier molecular flexibility index (Phi) is 10.5. The first-order valence-corrected chi connectivity index (χ1v) is 12.8. The molecule has 2 aromatic carbocycles. The van der Waals surface area contributed by atoms with Gasteiger partial charge in [0, 0.05) is 13.0 Å². The van der Waals surface area contributed by atoms with Crippen LogP contribution in [0.4, 0.5) is 0 Å². The van der Waals surface area contributed by atoms with Crippen molar-refractivity contribution in [2.75, 3.05) is 20.3 Å². The lowest BCUT2D eigenvalue weighted by atomic mass is 9.77. The van der Waals surface area contributed by atoms with Gasteiger partial charge in [0.05, 0.1) is 13.2 Å². The van der Waals surface area contributed by atoms with Gasteiger partial charge in [0.1, 0.15) is 0 Å². The van der Waals surface area contributed by atoms with Gasteiger partial charge >= 0.3 is 0 Å². The summed E-state index contributed by atoms with van der Waals surface area (Å²) in [6, 6.07) is 13.7. The van der Waals surface area contributed by atoms with E-state index in [1.165, 1.54) is 86.1 Å². The van der Waals surface area contributed by atoms with E-state index in [-0.39, 0.29) is 5.92 Å². The minimum Gasteiger partial charge on any atom is -0.467 e. The molecule has 0 saturated heterocycles. The number of methoxy groups -OCH3 is 1. The number of unbranched alkanes of at least 4 members (excludes halogenated alkanes) is 2. The lowest BCUT2D eigenvalue weighted by Crippen LogP contribution is -2.17. The summed E-state index contributed by atoms with van der Waals surface area (Å²) in [5, 5.41) is 2.60. The van der Waals surface area contributed by atoms with Crippen LogP contribution in [0.3, 0.4) is 0 Å². The molecular formula is C29H42O3. The van der Waals surface area contributed by atoms with Gasteiger partial charge in [0.15, 0.2) is 0 Å². The SMILES string of the molecule is CCCCCC1CCC(CCc2ccc3cc(CC(COC)COC=O)ccc3c2)CC1. The molecule has 0 spiro atoms. The Hall–Kier alpha value is -1.87. The van der Waals surface area contributed by atoms with E-state index in [0.717, 1.165) is 18.3 Å². The summed E-state index contributed by atoms with van der Waals surface area (Å²) in [4.78, 5) is 10.5. The molecule has 0 N–H and O–H groups in total. The Morgan fingerprint density at radius 1 is 0.906 bits per heavy atom. The molecule has 0 radical (unpaired) electrons. The second-order valence-electron chi connectivity index (χ2n) is 9.89. The number of rotatable bonds is 14. The summed E-state index contributed by atoms with van der Waals surface area (Å²) in [5.41, 5.74) is 2.73. The number of hydrogen-bond donors (Lipinski definition) is 0. The fourth-order valence-electron chi connectivity index (χ4n) is 5.40. The van der Waals surface area contributed by atoms with Gasteiger partial charge in [0.25, 0.3) is 6.47 Å². The van der Waals surface area contributed by atoms with Crippen LogP contribution in [0, 0.1) is 17.8 Å². The second kappa shape index (κ2) is 13.6. The third-order valence-electron chi connectivity index (χ3n) is 7.32. The Morgan fingerprint density at radius 3 is 2.22 bits per heavy atom. The maximum atomic E-state index is 10.5. The molecule has 3 heteroatoms. The number of carbonyl (C=O) groups is 1. The smallest absolute Gasteiger partial charge is 0.293 e. The topological polar surface area (TPSA) is 35.5 Å². The minimum absolute atomic E-state index is 0.184. The average molecular weight is 439 g/mol. The maximum Gasteiger partial charge on any atom is 0.293 e. The zero-order valence-electron chi connectivity index (χ0n) is 20.2. The monoisotopic (exact) mass is 438 g/mol. The summed E-state index contributed by atoms with van der Waals surface area (Å²) < 4.78 is 10.3. The van der Waals surface area contributed by atoms with Gasteiger partial charge in [-0.25, -0.2) is 0 Å². The van der Waals surface area contributed by atoms with Crippen LogP contribution in [0.15, 0.2) is 36.4 Å². The van der Waals surface area contributed by atoms with E-state index in [2.05, 4.69) is 43.3 Å². The highest BCUT2D eigenvalue weighted by Gasteiger charge is 2.20. The molecule has 1 atom stereocenters. The standard InChI is InChI=1S/C29H42O3/c1-3-4-5-6-23-7-9-24(10-8-23)11-12-25-13-15-29-19-26(14-16-28(29)18-25)17-27(20-31-2)21-32-22-30/h13-16,18-19,22-24,27H,3-12,17,20-21H2,1-2H3. The van der Waals surface area contributed by atoms with Crippen LogP contribution in [-0.2, 0) is 27.1 Å². The van der Waals surface area contributed by atoms with Gasteiger partial charge in [-0.1, -0.05) is 94.7 Å². The third-order valence-corrected chi connectivity index (χ3v) is 7.32. The number of carbonyl (C=O) groups excluding carboxylic acids is 1. The van der Waals surface area contributed by atoms with Crippen LogP contribution in [0.25, 0.3) is 10.8 Å². The van der Waals surface area contributed by atoms with E-state index in [4.69, 9.17) is 9.47 Å². The van der Waals surface area contributed by atoms with Gasteiger partial charge < -0.3 is 9.47 Å². The van der Waals surface area contributed by atoms with E-state index in [0.29, 0.717) is 19.7 Å². The maximum absolute atomic E-state index is 10.5. The molecule has 1 aliphatic rings. The highest BCUT2D eigenvalue weighted by Crippen LogP contribution is 2.34. The molecule has 0 bridgehead atoms. The van der Waals surface area contributed by atoms with Crippen LogP contribution in [0.1, 0.15) is 75.8 Å². The quantitative estimate of drug-likeness (QED) is 0.232. The fourth-order valence-corrected chi connectivity index (χ4v) is 5.40. The summed E-state index contributed by atoms with van der Waals surface area (Å²) in [6.07, 6.45) is 14.8. The fraction of sp³-hybridized carbons (Fsp3) is 0.621. The zero-order chi connectivity index (χ0) is 22.6. The third kappa shape index (κ3) is 7.92. The molecule has 0 aromatic heterocycles. The number of benzene rings is 2. The van der Waals surface area contributed by atoms with Crippen molar-refractivity contribution in [3.63, 3.8) is 0 Å². The molecule has 2 aromatic rings. The number of hydrogen-bond acceptors (Lipinski definition) is 3. The molecule has 32 heavy (non-hydrogen) atoms. The Bertz CT molecular complexity index is 807. The van der Waals surface area contributed by atoms with Crippen molar-refractivity contribution in [2.45, 2.75) is 77.6 Å². The predicted molar refractivity (Wildman–Crippen MR) is 133 cm³/mol. The Morgan fingerprint density at radius 2 is 1.56 bits per heavy atom. The normalized spacial score (nSPS) is 19.7. The van der Waals surface area contributed by atoms with Crippen molar-refractivity contribution in [2.24, 2.45) is 17.8 Å². The minimum atomic E-state index is 0.184. The lowest BCUT2D eigenvalue weighted by Gasteiger charge is -2.28. The van der Waals surface area contributed by atoms with Crippen LogP contribution in [0.5, 0.6) is 0 Å². The first-order chi connectivity index (χ1) is 15.7. The van der Waals surface area contributed by atoms with Crippen molar-refractivity contribution < 1.29 is 14.3 Å². The van der Waals surface area contributed by atoms with Crippen LogP contribution < -0.4 is 0 Å². The molecule has 0 aliphatic heterocycles. The van der Waals surface area contributed by atoms with E-state index in [1.54, 1.807) is 7.11 Å². The van der Waals surface area contributed by atoms with Gasteiger partial charge in [-0.2, -0.15) is 0 Å². The number of aryl methyl sites for hydroxylation is 1. The molecule has 0 amide bonds. The van der Waals surface area contributed by atoms with E-state index >= 15 is 0 Å². The van der Waals surface area contributed by atoms with E-state index in [1.807, 2.05) is 0 Å². The average Bonchev–Trinajstić information content (AvgIpc) is 2.82. The lowest BCUT2D eigenvalue weighted by molar-refractivity contribution is -0.130. The molecule has 0 heterocycles.